The molecule has 5 nitrogen and oxygen atoms in total. The molecular weight excluding hydrogens is 246 g/mol. The fourth-order valence-corrected chi connectivity index (χ4v) is 3.07. The number of ether oxygens (including phenoxy) is 1. The molecule has 0 aromatic rings. The van der Waals surface area contributed by atoms with Crippen LogP contribution in [-0.2, 0) is 14.3 Å². The molecule has 2 fully saturated rings. The minimum absolute atomic E-state index is 0.00530. The molecule has 0 aromatic heterocycles. The van der Waals surface area contributed by atoms with E-state index in [0.717, 1.165) is 32.1 Å². The Bertz CT molecular complexity index is 346. The van der Waals surface area contributed by atoms with Crippen molar-refractivity contribution in [1.29, 1.82) is 0 Å². The summed E-state index contributed by atoms with van der Waals surface area (Å²) in [6.45, 7) is 0.552. The summed E-state index contributed by atoms with van der Waals surface area (Å²) in [5.41, 5.74) is -0.170. The quantitative estimate of drug-likeness (QED) is 0.794. The molecule has 2 rings (SSSR count). The molecule has 0 radical (unpaired) electrons. The third-order valence-electron chi connectivity index (χ3n) is 4.68. The van der Waals surface area contributed by atoms with Crippen molar-refractivity contribution >= 4 is 11.9 Å². The minimum atomic E-state index is -0.773. The number of carboxylic acids is 1. The first-order valence-electron chi connectivity index (χ1n) is 7.12. The van der Waals surface area contributed by atoms with Crippen molar-refractivity contribution in [2.24, 2.45) is 11.8 Å². The van der Waals surface area contributed by atoms with Gasteiger partial charge in [-0.3, -0.25) is 9.59 Å². The van der Waals surface area contributed by atoms with Crippen molar-refractivity contribution in [2.45, 2.75) is 50.5 Å². The van der Waals surface area contributed by atoms with E-state index in [-0.39, 0.29) is 23.3 Å². The molecule has 2 aliphatic rings. The Labute approximate surface area is 113 Å². The summed E-state index contributed by atoms with van der Waals surface area (Å²) >= 11 is 0. The zero-order valence-corrected chi connectivity index (χ0v) is 11.5. The van der Waals surface area contributed by atoms with Gasteiger partial charge in [0.2, 0.25) is 5.91 Å². The van der Waals surface area contributed by atoms with Gasteiger partial charge in [0.15, 0.2) is 0 Å². The molecule has 1 amide bonds. The predicted octanol–water partition coefficient (Wildman–Crippen LogP) is 1.56. The Morgan fingerprint density at radius 3 is 2.47 bits per heavy atom. The molecule has 2 unspecified atom stereocenters. The summed E-state index contributed by atoms with van der Waals surface area (Å²) in [6.07, 6.45) is 5.93. The zero-order chi connectivity index (χ0) is 13.9. The van der Waals surface area contributed by atoms with Crippen LogP contribution in [0.2, 0.25) is 0 Å². The van der Waals surface area contributed by atoms with Gasteiger partial charge in [0.25, 0.3) is 0 Å². The van der Waals surface area contributed by atoms with Crippen molar-refractivity contribution in [3.63, 3.8) is 0 Å². The maximum absolute atomic E-state index is 12.1. The Kier molecular flexibility index (Phi) is 4.45. The summed E-state index contributed by atoms with van der Waals surface area (Å²) in [5.74, 6) is -1.28. The second kappa shape index (κ2) is 5.90. The first kappa shape index (κ1) is 14.3. The molecule has 5 heteroatoms. The molecular formula is C14H23NO4. The summed E-state index contributed by atoms with van der Waals surface area (Å²) in [5, 5.41) is 12.0. The van der Waals surface area contributed by atoms with Crippen LogP contribution >= 0.6 is 0 Å². The highest BCUT2D eigenvalue weighted by atomic mass is 16.5. The standard InChI is InChI=1S/C14H23NO4/c1-19-14(6-3-7-14)9-15-12(16)10-4-2-5-11(8-10)13(17)18/h10-11H,2-9H2,1H3,(H,15,16)(H,17,18). The van der Waals surface area contributed by atoms with Crippen LogP contribution in [0.25, 0.3) is 0 Å². The van der Waals surface area contributed by atoms with Gasteiger partial charge in [0.05, 0.1) is 11.5 Å². The average Bonchev–Trinajstić information content (AvgIpc) is 2.38. The van der Waals surface area contributed by atoms with Crippen LogP contribution in [-0.4, -0.2) is 36.2 Å². The number of methoxy groups -OCH3 is 1. The van der Waals surface area contributed by atoms with E-state index in [1.807, 2.05) is 0 Å². The number of nitrogens with one attached hydrogen (secondary N) is 1. The number of amides is 1. The van der Waals surface area contributed by atoms with Gasteiger partial charge < -0.3 is 15.2 Å². The highest BCUT2D eigenvalue weighted by molar-refractivity contribution is 5.80. The normalized spacial score (nSPS) is 29.3. The third kappa shape index (κ3) is 3.26. The van der Waals surface area contributed by atoms with Gasteiger partial charge in [-0.15, -0.1) is 0 Å². The number of hydrogen-bond acceptors (Lipinski definition) is 3. The second-order valence-corrected chi connectivity index (χ2v) is 5.86. The van der Waals surface area contributed by atoms with E-state index in [4.69, 9.17) is 9.84 Å². The van der Waals surface area contributed by atoms with Crippen LogP contribution in [0.1, 0.15) is 44.9 Å². The maximum atomic E-state index is 12.1. The van der Waals surface area contributed by atoms with Gasteiger partial charge >= 0.3 is 5.97 Å². The zero-order valence-electron chi connectivity index (χ0n) is 11.5. The molecule has 0 aromatic carbocycles. The van der Waals surface area contributed by atoms with Crippen molar-refractivity contribution in [1.82, 2.24) is 5.32 Å². The topological polar surface area (TPSA) is 75.6 Å². The molecule has 0 heterocycles. The number of hydrogen-bond donors (Lipinski definition) is 2. The molecule has 2 aliphatic carbocycles. The van der Waals surface area contributed by atoms with Crippen LogP contribution < -0.4 is 5.32 Å². The van der Waals surface area contributed by atoms with Crippen LogP contribution in [0.5, 0.6) is 0 Å². The summed E-state index contributed by atoms with van der Waals surface area (Å²) in [4.78, 5) is 23.1. The fourth-order valence-electron chi connectivity index (χ4n) is 3.07. The molecule has 0 saturated heterocycles. The molecule has 19 heavy (non-hydrogen) atoms. The van der Waals surface area contributed by atoms with Gasteiger partial charge in [-0.2, -0.15) is 0 Å². The van der Waals surface area contributed by atoms with E-state index < -0.39 is 5.97 Å². The van der Waals surface area contributed by atoms with E-state index in [9.17, 15) is 9.59 Å². The van der Waals surface area contributed by atoms with Crippen molar-refractivity contribution in [2.75, 3.05) is 13.7 Å². The Balaban J connectivity index is 1.81. The van der Waals surface area contributed by atoms with E-state index in [1.54, 1.807) is 7.11 Å². The lowest BCUT2D eigenvalue weighted by Crippen LogP contribution is -2.50. The summed E-state index contributed by atoms with van der Waals surface area (Å²) < 4.78 is 5.46. The lowest BCUT2D eigenvalue weighted by atomic mass is 9.79. The molecule has 2 N–H and O–H groups in total. The van der Waals surface area contributed by atoms with Crippen molar-refractivity contribution in [3.8, 4) is 0 Å². The maximum Gasteiger partial charge on any atom is 0.306 e. The number of carboxylic acid groups (broad SMARTS) is 1. The average molecular weight is 269 g/mol. The first-order valence-corrected chi connectivity index (χ1v) is 7.12. The van der Waals surface area contributed by atoms with E-state index in [1.165, 1.54) is 0 Å². The van der Waals surface area contributed by atoms with E-state index in [0.29, 0.717) is 19.4 Å². The van der Waals surface area contributed by atoms with Gasteiger partial charge in [0, 0.05) is 19.6 Å². The highest BCUT2D eigenvalue weighted by Gasteiger charge is 2.38. The predicted molar refractivity (Wildman–Crippen MR) is 69.7 cm³/mol. The van der Waals surface area contributed by atoms with Crippen LogP contribution in [0, 0.1) is 11.8 Å². The van der Waals surface area contributed by atoms with Gasteiger partial charge in [0.1, 0.15) is 0 Å². The molecule has 108 valence electrons. The number of carbonyl (C=O) groups is 2. The molecule has 2 saturated carbocycles. The van der Waals surface area contributed by atoms with Crippen LogP contribution in [0.3, 0.4) is 0 Å². The highest BCUT2D eigenvalue weighted by Crippen LogP contribution is 2.35. The van der Waals surface area contributed by atoms with Crippen LogP contribution in [0.4, 0.5) is 0 Å². The second-order valence-electron chi connectivity index (χ2n) is 5.86. The van der Waals surface area contributed by atoms with Crippen molar-refractivity contribution in [3.05, 3.63) is 0 Å². The smallest absolute Gasteiger partial charge is 0.306 e. The molecule has 0 bridgehead atoms. The number of rotatable bonds is 5. The Morgan fingerprint density at radius 2 is 1.95 bits per heavy atom. The lowest BCUT2D eigenvalue weighted by molar-refractivity contribution is -0.144. The Hall–Kier alpha value is -1.10. The van der Waals surface area contributed by atoms with Gasteiger partial charge in [-0.05, 0) is 38.5 Å². The van der Waals surface area contributed by atoms with E-state index >= 15 is 0 Å². The van der Waals surface area contributed by atoms with Gasteiger partial charge in [-0.1, -0.05) is 6.42 Å². The van der Waals surface area contributed by atoms with E-state index in [2.05, 4.69) is 5.32 Å². The molecule has 0 spiro atoms. The summed E-state index contributed by atoms with van der Waals surface area (Å²) in [7, 11) is 1.69. The first-order chi connectivity index (χ1) is 9.06. The SMILES string of the molecule is COC1(CNC(=O)C2CCCC(C(=O)O)C2)CCC1. The molecule has 2 atom stereocenters. The monoisotopic (exact) mass is 269 g/mol. The fraction of sp³-hybridized carbons (Fsp3) is 0.857. The lowest BCUT2D eigenvalue weighted by Gasteiger charge is -2.41. The largest absolute Gasteiger partial charge is 0.481 e. The minimum Gasteiger partial charge on any atom is -0.481 e. The molecule has 0 aliphatic heterocycles. The summed E-state index contributed by atoms with van der Waals surface area (Å²) in [6, 6.07) is 0. The van der Waals surface area contributed by atoms with Crippen LogP contribution in [0.15, 0.2) is 0 Å². The third-order valence-corrected chi connectivity index (χ3v) is 4.68. The van der Waals surface area contributed by atoms with Gasteiger partial charge in [-0.25, -0.2) is 0 Å². The number of carbonyl (C=O) groups excluding carboxylic acids is 1. The van der Waals surface area contributed by atoms with Crippen molar-refractivity contribution < 1.29 is 19.4 Å². The number of aliphatic carboxylic acids is 1. The Morgan fingerprint density at radius 1 is 1.26 bits per heavy atom.